The minimum absolute atomic E-state index is 0.0882. The van der Waals surface area contributed by atoms with Gasteiger partial charge in [0.1, 0.15) is 23.0 Å². The minimum atomic E-state index is -3.68. The molecule has 7 heteroatoms. The first-order chi connectivity index (χ1) is 10.9. The lowest BCUT2D eigenvalue weighted by Gasteiger charge is -2.12. The van der Waals surface area contributed by atoms with Crippen LogP contribution in [0.15, 0.2) is 51.8 Å². The van der Waals surface area contributed by atoms with Gasteiger partial charge in [0, 0.05) is 11.0 Å². The monoisotopic (exact) mass is 399 g/mol. The van der Waals surface area contributed by atoms with Crippen molar-refractivity contribution >= 4 is 26.0 Å². The lowest BCUT2D eigenvalue weighted by Crippen LogP contribution is -2.28. The number of ether oxygens (including phenoxy) is 2. The third kappa shape index (κ3) is 4.70. The van der Waals surface area contributed by atoms with Crippen LogP contribution in [0.2, 0.25) is 0 Å². The molecule has 2 rings (SSSR count). The first-order valence-corrected chi connectivity index (χ1v) is 9.23. The van der Waals surface area contributed by atoms with Gasteiger partial charge in [-0.05, 0) is 36.8 Å². The number of halogens is 1. The summed E-state index contributed by atoms with van der Waals surface area (Å²) in [6.45, 7) is 2.33. The molecule has 0 aliphatic carbocycles. The molecular formula is C16H18BrNO4S. The zero-order chi connectivity index (χ0) is 16.9. The molecule has 1 N–H and O–H groups in total. The zero-order valence-corrected chi connectivity index (χ0v) is 15.3. The Hall–Kier alpha value is -1.57. The molecule has 0 heterocycles. The summed E-state index contributed by atoms with van der Waals surface area (Å²) in [5.41, 5.74) is 1.00. The van der Waals surface area contributed by atoms with E-state index in [-0.39, 0.29) is 18.0 Å². The first-order valence-electron chi connectivity index (χ1n) is 6.95. The largest absolute Gasteiger partial charge is 0.495 e. The van der Waals surface area contributed by atoms with E-state index in [1.807, 2.05) is 31.2 Å². The van der Waals surface area contributed by atoms with Crippen LogP contribution in [-0.2, 0) is 10.0 Å². The van der Waals surface area contributed by atoms with E-state index in [0.717, 1.165) is 11.3 Å². The molecule has 2 aromatic rings. The molecule has 0 bridgehead atoms. The summed E-state index contributed by atoms with van der Waals surface area (Å²) in [6, 6.07) is 12.4. The SMILES string of the molecule is COc1ccc(Br)cc1S(=O)(=O)NCCOc1ccccc1C. The average molecular weight is 400 g/mol. The quantitative estimate of drug-likeness (QED) is 0.726. The molecule has 5 nitrogen and oxygen atoms in total. The Morgan fingerprint density at radius 1 is 1.13 bits per heavy atom. The molecule has 0 saturated heterocycles. The van der Waals surface area contributed by atoms with Crippen molar-refractivity contribution in [2.75, 3.05) is 20.3 Å². The second kappa shape index (κ2) is 7.81. The van der Waals surface area contributed by atoms with E-state index < -0.39 is 10.0 Å². The van der Waals surface area contributed by atoms with Crippen molar-refractivity contribution in [3.63, 3.8) is 0 Å². The molecular weight excluding hydrogens is 382 g/mol. The smallest absolute Gasteiger partial charge is 0.244 e. The lowest BCUT2D eigenvalue weighted by molar-refractivity contribution is 0.320. The number of hydrogen-bond acceptors (Lipinski definition) is 4. The van der Waals surface area contributed by atoms with Gasteiger partial charge in [0.25, 0.3) is 0 Å². The molecule has 0 spiro atoms. The predicted molar refractivity (Wildman–Crippen MR) is 92.6 cm³/mol. The third-order valence-corrected chi connectivity index (χ3v) is 5.14. The van der Waals surface area contributed by atoms with Crippen molar-refractivity contribution in [2.24, 2.45) is 0 Å². The number of methoxy groups -OCH3 is 1. The maximum atomic E-state index is 12.4. The number of aryl methyl sites for hydroxylation is 1. The number of nitrogens with one attached hydrogen (secondary N) is 1. The standard InChI is InChI=1S/C16H18BrNO4S/c1-12-5-3-4-6-14(12)22-10-9-18-23(19,20)16-11-13(17)7-8-15(16)21-2/h3-8,11,18H,9-10H2,1-2H3. The predicted octanol–water partition coefficient (Wildman–Crippen LogP) is 3.12. The fraction of sp³-hybridized carbons (Fsp3) is 0.250. The highest BCUT2D eigenvalue weighted by Crippen LogP contribution is 2.27. The van der Waals surface area contributed by atoms with Crippen molar-refractivity contribution in [3.05, 3.63) is 52.5 Å². The summed E-state index contributed by atoms with van der Waals surface area (Å²) in [6.07, 6.45) is 0. The van der Waals surface area contributed by atoms with Crippen LogP contribution in [0.4, 0.5) is 0 Å². The molecule has 0 aromatic heterocycles. The van der Waals surface area contributed by atoms with Crippen molar-refractivity contribution in [2.45, 2.75) is 11.8 Å². The van der Waals surface area contributed by atoms with Crippen LogP contribution in [0.3, 0.4) is 0 Å². The first kappa shape index (κ1) is 17.8. The number of hydrogen-bond donors (Lipinski definition) is 1. The molecule has 0 fully saturated rings. The van der Waals surface area contributed by atoms with Crippen molar-refractivity contribution in [3.8, 4) is 11.5 Å². The van der Waals surface area contributed by atoms with Gasteiger partial charge >= 0.3 is 0 Å². The molecule has 0 amide bonds. The van der Waals surface area contributed by atoms with Crippen LogP contribution in [0.1, 0.15) is 5.56 Å². The molecule has 0 aliphatic rings. The molecule has 124 valence electrons. The van der Waals surface area contributed by atoms with Crippen molar-refractivity contribution in [1.29, 1.82) is 0 Å². The van der Waals surface area contributed by atoms with Gasteiger partial charge in [-0.1, -0.05) is 34.1 Å². The Morgan fingerprint density at radius 3 is 2.57 bits per heavy atom. The molecule has 0 aliphatic heterocycles. The van der Waals surface area contributed by atoms with E-state index in [1.54, 1.807) is 12.1 Å². The van der Waals surface area contributed by atoms with Gasteiger partial charge in [-0.3, -0.25) is 0 Å². The topological polar surface area (TPSA) is 64.6 Å². The van der Waals surface area contributed by atoms with Crippen LogP contribution in [0.5, 0.6) is 11.5 Å². The molecule has 2 aromatic carbocycles. The second-order valence-electron chi connectivity index (χ2n) is 4.81. The highest BCUT2D eigenvalue weighted by molar-refractivity contribution is 9.10. The van der Waals surface area contributed by atoms with E-state index >= 15 is 0 Å². The summed E-state index contributed by atoms with van der Waals surface area (Å²) in [7, 11) is -2.24. The fourth-order valence-corrected chi connectivity index (χ4v) is 3.71. The Kier molecular flexibility index (Phi) is 6.04. The molecule has 0 radical (unpaired) electrons. The van der Waals surface area contributed by atoms with E-state index in [0.29, 0.717) is 10.2 Å². The van der Waals surface area contributed by atoms with Crippen LogP contribution >= 0.6 is 15.9 Å². The maximum absolute atomic E-state index is 12.4. The Bertz CT molecular complexity index is 777. The van der Waals surface area contributed by atoms with Crippen LogP contribution in [0, 0.1) is 6.92 Å². The van der Waals surface area contributed by atoms with Gasteiger partial charge in [0.2, 0.25) is 10.0 Å². The van der Waals surface area contributed by atoms with Gasteiger partial charge in [0.05, 0.1) is 7.11 Å². The van der Waals surface area contributed by atoms with Gasteiger partial charge in [-0.15, -0.1) is 0 Å². The lowest BCUT2D eigenvalue weighted by atomic mass is 10.2. The Balaban J connectivity index is 2.00. The summed E-state index contributed by atoms with van der Waals surface area (Å²) in [5, 5.41) is 0. The number of rotatable bonds is 7. The van der Waals surface area contributed by atoms with E-state index in [4.69, 9.17) is 9.47 Å². The Morgan fingerprint density at radius 2 is 1.87 bits per heavy atom. The molecule has 23 heavy (non-hydrogen) atoms. The summed E-state index contributed by atoms with van der Waals surface area (Å²) in [5.74, 6) is 1.03. The number of sulfonamides is 1. The van der Waals surface area contributed by atoms with Gasteiger partial charge in [-0.25, -0.2) is 13.1 Å². The second-order valence-corrected chi connectivity index (χ2v) is 7.46. The minimum Gasteiger partial charge on any atom is -0.495 e. The van der Waals surface area contributed by atoms with E-state index in [1.165, 1.54) is 13.2 Å². The number of benzene rings is 2. The van der Waals surface area contributed by atoms with Gasteiger partial charge in [0.15, 0.2) is 0 Å². The van der Waals surface area contributed by atoms with Gasteiger partial charge < -0.3 is 9.47 Å². The highest BCUT2D eigenvalue weighted by atomic mass is 79.9. The van der Waals surface area contributed by atoms with Crippen molar-refractivity contribution in [1.82, 2.24) is 4.72 Å². The highest BCUT2D eigenvalue weighted by Gasteiger charge is 2.19. The zero-order valence-electron chi connectivity index (χ0n) is 12.9. The summed E-state index contributed by atoms with van der Waals surface area (Å²) >= 11 is 3.27. The van der Waals surface area contributed by atoms with Crippen LogP contribution in [-0.4, -0.2) is 28.7 Å². The molecule has 0 atom stereocenters. The van der Waals surface area contributed by atoms with Crippen LogP contribution in [0.25, 0.3) is 0 Å². The normalized spacial score (nSPS) is 11.3. The molecule has 0 saturated carbocycles. The van der Waals surface area contributed by atoms with Crippen LogP contribution < -0.4 is 14.2 Å². The molecule has 0 unspecified atom stereocenters. The maximum Gasteiger partial charge on any atom is 0.244 e. The number of para-hydroxylation sites is 1. The third-order valence-electron chi connectivity index (χ3n) is 3.16. The fourth-order valence-electron chi connectivity index (χ4n) is 1.99. The average Bonchev–Trinajstić information content (AvgIpc) is 2.53. The summed E-state index contributed by atoms with van der Waals surface area (Å²) < 4.78 is 38.6. The van der Waals surface area contributed by atoms with Gasteiger partial charge in [-0.2, -0.15) is 0 Å². The Labute approximate surface area is 144 Å². The van der Waals surface area contributed by atoms with Crippen molar-refractivity contribution < 1.29 is 17.9 Å². The van der Waals surface area contributed by atoms with E-state index in [2.05, 4.69) is 20.7 Å². The summed E-state index contributed by atoms with van der Waals surface area (Å²) in [4.78, 5) is 0.0882. The van der Waals surface area contributed by atoms with E-state index in [9.17, 15) is 8.42 Å².